The number of carbonyl (C=O) groups is 4. The highest BCUT2D eigenvalue weighted by atomic mass is 16.4. The van der Waals surface area contributed by atoms with Crippen molar-refractivity contribution < 1.29 is 49.8 Å². The average molecular weight is 672 g/mol. The normalized spacial score (nSPS) is 17.5. The summed E-state index contributed by atoms with van der Waals surface area (Å²) in [6.45, 7) is 0.327. The summed E-state index contributed by atoms with van der Waals surface area (Å²) in [7, 11) is 1.57. The Bertz CT molecular complexity index is 1450. The van der Waals surface area contributed by atoms with Gasteiger partial charge >= 0.3 is 12.0 Å². The number of aliphatic hydroxyl groups is 5. The summed E-state index contributed by atoms with van der Waals surface area (Å²) < 4.78 is 0. The number of aliphatic hydroxyl groups excluding tert-OH is 5. The first-order valence-corrected chi connectivity index (χ1v) is 15.7. The first kappa shape index (κ1) is 38.2. The van der Waals surface area contributed by atoms with Crippen molar-refractivity contribution in [2.24, 2.45) is 11.0 Å². The minimum Gasteiger partial charge on any atom is -0.478 e. The molecule has 1 heterocycles. The van der Waals surface area contributed by atoms with Gasteiger partial charge in [0.25, 0.3) is 0 Å². The van der Waals surface area contributed by atoms with Crippen LogP contribution in [0.4, 0.5) is 16.2 Å². The van der Waals surface area contributed by atoms with Crippen LogP contribution >= 0.6 is 0 Å². The number of carbonyl (C=O) groups excluding carboxylic acids is 3. The van der Waals surface area contributed by atoms with Crippen LogP contribution in [0.3, 0.4) is 0 Å². The Morgan fingerprint density at radius 2 is 1.60 bits per heavy atom. The topological polar surface area (TPSA) is 233 Å². The molecule has 4 rings (SSSR count). The molecule has 1 fully saturated rings. The fraction of sp³-hybridized carbons (Fsp3) is 0.485. The number of ketones is 1. The molecule has 15 nitrogen and oxygen atoms in total. The lowest BCUT2D eigenvalue weighted by Crippen LogP contribution is -2.48. The van der Waals surface area contributed by atoms with Crippen LogP contribution in [0.2, 0.25) is 0 Å². The number of hydrogen-bond donors (Lipinski definition) is 8. The van der Waals surface area contributed by atoms with Gasteiger partial charge in [0.15, 0.2) is 0 Å². The summed E-state index contributed by atoms with van der Waals surface area (Å²) in [6.07, 6.45) is -0.478. The number of amides is 3. The van der Waals surface area contributed by atoms with E-state index >= 15 is 0 Å². The molecule has 0 aromatic heterocycles. The van der Waals surface area contributed by atoms with Gasteiger partial charge in [0.05, 0.1) is 36.2 Å². The maximum absolute atomic E-state index is 13.5. The van der Waals surface area contributed by atoms with E-state index in [-0.39, 0.29) is 36.9 Å². The quantitative estimate of drug-likeness (QED) is 0.148. The van der Waals surface area contributed by atoms with Crippen LogP contribution in [0.25, 0.3) is 0 Å². The highest BCUT2D eigenvalue weighted by molar-refractivity contribution is 6.13. The summed E-state index contributed by atoms with van der Waals surface area (Å²) >= 11 is 0. The largest absolute Gasteiger partial charge is 0.478 e. The summed E-state index contributed by atoms with van der Waals surface area (Å²) in [5.74, 6) is -1.68. The summed E-state index contributed by atoms with van der Waals surface area (Å²) in [5, 5.41) is 65.1. The van der Waals surface area contributed by atoms with Crippen LogP contribution in [0.5, 0.6) is 0 Å². The van der Waals surface area contributed by atoms with Crippen molar-refractivity contribution in [2.75, 3.05) is 43.5 Å². The third kappa shape index (κ3) is 10.4. The van der Waals surface area contributed by atoms with Gasteiger partial charge in [0, 0.05) is 23.7 Å². The number of fused-ring (bicyclic) bond motifs is 1. The Labute approximate surface area is 278 Å². The van der Waals surface area contributed by atoms with E-state index in [1.807, 2.05) is 18.2 Å². The van der Waals surface area contributed by atoms with E-state index in [0.29, 0.717) is 11.4 Å². The number of carboxylic acid groups (broad SMARTS) is 1. The Morgan fingerprint density at radius 1 is 0.938 bits per heavy atom. The zero-order valence-corrected chi connectivity index (χ0v) is 27.0. The number of aromatic carboxylic acids is 1. The molecular formula is C33H45N5O10. The number of Topliss-reactive ketones (excluding diaryl/α,β-unsaturated/α-hetero) is 1. The van der Waals surface area contributed by atoms with Gasteiger partial charge in [-0.3, -0.25) is 14.5 Å². The molecule has 0 radical (unpaired) electrons. The second kappa shape index (κ2) is 18.3. The summed E-state index contributed by atoms with van der Waals surface area (Å²) in [4.78, 5) is 51.1. The monoisotopic (exact) mass is 671 g/mol. The van der Waals surface area contributed by atoms with Gasteiger partial charge in [0.2, 0.25) is 5.91 Å². The molecule has 2 aromatic rings. The minimum absolute atomic E-state index is 0.0364. The number of likely N-dealkylation sites (N-methyl/N-ethyl adjacent to an activating group) is 1. The number of urea groups is 1. The standard InChI is InChI=1S/C26H28N4O5.C7H17NO5/c1-17(31)15-29-22-13-6-5-12-21(22)24(18-8-3-2-4-9-18)28-30(26(29)35)16-23(32)27-20-11-7-10-19(14-20)25(33)34;1-8-2-4(10)6(12)7(13)5(11)3-9/h5-7,10-14,18H,2-4,8-9,15-16H2,1H3,(H,27,32)(H,33,34);4-13H,2-3H2,1H3/t;4-,5+,6+,7+/m.0/s1. The molecule has 0 spiro atoms. The van der Waals surface area contributed by atoms with Gasteiger partial charge in [0.1, 0.15) is 30.6 Å². The number of benzene rings is 2. The maximum Gasteiger partial charge on any atom is 0.345 e. The van der Waals surface area contributed by atoms with Crippen LogP contribution in [0.1, 0.15) is 54.9 Å². The maximum atomic E-state index is 13.5. The van der Waals surface area contributed by atoms with Crippen molar-refractivity contribution >= 4 is 40.8 Å². The number of hydrogen-bond acceptors (Lipinski definition) is 11. The number of nitrogens with one attached hydrogen (secondary N) is 2. The first-order chi connectivity index (χ1) is 22.9. The van der Waals surface area contributed by atoms with Crippen LogP contribution < -0.4 is 15.5 Å². The fourth-order valence-corrected chi connectivity index (χ4v) is 5.51. The number of anilines is 2. The van der Waals surface area contributed by atoms with Crippen LogP contribution in [-0.2, 0) is 9.59 Å². The van der Waals surface area contributed by atoms with Gasteiger partial charge in [-0.25, -0.2) is 14.6 Å². The number of carboxylic acids is 1. The molecule has 48 heavy (non-hydrogen) atoms. The number of para-hydroxylation sites is 1. The van der Waals surface area contributed by atoms with Crippen molar-refractivity contribution in [1.29, 1.82) is 0 Å². The molecule has 8 N–H and O–H groups in total. The zero-order chi connectivity index (χ0) is 35.4. The molecule has 2 aromatic carbocycles. The van der Waals surface area contributed by atoms with Crippen molar-refractivity contribution in [3.8, 4) is 0 Å². The molecule has 4 atom stereocenters. The van der Waals surface area contributed by atoms with Gasteiger partial charge in [-0.2, -0.15) is 5.10 Å². The predicted molar refractivity (Wildman–Crippen MR) is 177 cm³/mol. The van der Waals surface area contributed by atoms with Crippen LogP contribution in [0.15, 0.2) is 53.6 Å². The molecule has 0 bridgehead atoms. The number of rotatable bonds is 13. The number of nitrogens with zero attached hydrogens (tertiary/aromatic N) is 3. The Hall–Kier alpha value is -4.25. The molecule has 1 saturated carbocycles. The van der Waals surface area contributed by atoms with Crippen molar-refractivity contribution in [3.05, 3.63) is 59.7 Å². The van der Waals surface area contributed by atoms with E-state index in [9.17, 15) is 29.4 Å². The smallest absolute Gasteiger partial charge is 0.345 e. The molecule has 2 aliphatic rings. The lowest BCUT2D eigenvalue weighted by Gasteiger charge is -2.25. The Balaban J connectivity index is 0.000000408. The molecule has 0 saturated heterocycles. The summed E-state index contributed by atoms with van der Waals surface area (Å²) in [5.41, 5.74) is 2.49. The molecule has 1 aliphatic carbocycles. The van der Waals surface area contributed by atoms with Gasteiger partial charge < -0.3 is 41.3 Å². The average Bonchev–Trinajstić information content (AvgIpc) is 3.18. The van der Waals surface area contributed by atoms with Crippen LogP contribution in [-0.4, -0.2) is 123 Å². The SMILES string of the molecule is CC(=O)CN1C(=O)N(CC(=O)Nc2cccc(C(=O)O)c2)N=C(C2CCCCC2)c2ccccc21.CNC[C@H](O)[C@@H](O)[C@H](O)[C@H](O)CO. The summed E-state index contributed by atoms with van der Waals surface area (Å²) in [6, 6.07) is 12.7. The lowest BCUT2D eigenvalue weighted by molar-refractivity contribution is -0.116. The Morgan fingerprint density at radius 3 is 2.23 bits per heavy atom. The minimum atomic E-state index is -1.55. The predicted octanol–water partition coefficient (Wildman–Crippen LogP) is 0.781. The lowest BCUT2D eigenvalue weighted by atomic mass is 9.83. The third-order valence-electron chi connectivity index (χ3n) is 7.95. The van der Waals surface area contributed by atoms with Gasteiger partial charge in [-0.1, -0.05) is 43.5 Å². The highest BCUT2D eigenvalue weighted by Gasteiger charge is 2.34. The van der Waals surface area contributed by atoms with E-state index in [1.54, 1.807) is 19.2 Å². The van der Waals surface area contributed by atoms with Gasteiger partial charge in [-0.15, -0.1) is 0 Å². The first-order valence-electron chi connectivity index (χ1n) is 15.7. The van der Waals surface area contributed by atoms with Crippen molar-refractivity contribution in [1.82, 2.24) is 10.3 Å². The van der Waals surface area contributed by atoms with Crippen molar-refractivity contribution in [2.45, 2.75) is 63.4 Å². The third-order valence-corrected chi connectivity index (χ3v) is 7.95. The van der Waals surface area contributed by atoms with Crippen molar-refractivity contribution in [3.63, 3.8) is 0 Å². The van der Waals surface area contributed by atoms with E-state index < -0.39 is 48.9 Å². The molecule has 0 unspecified atom stereocenters. The molecule has 1 aliphatic heterocycles. The molecule has 262 valence electrons. The fourth-order valence-electron chi connectivity index (χ4n) is 5.51. The molecule has 15 heteroatoms. The van der Waals surface area contributed by atoms with E-state index in [0.717, 1.165) is 48.4 Å². The van der Waals surface area contributed by atoms with E-state index in [4.69, 9.17) is 25.5 Å². The van der Waals surface area contributed by atoms with Gasteiger partial charge in [-0.05, 0) is 51.1 Å². The Kier molecular flexibility index (Phi) is 14.6. The second-order valence-corrected chi connectivity index (χ2v) is 11.8. The second-order valence-electron chi connectivity index (χ2n) is 11.8. The molecule has 3 amide bonds. The number of hydrazone groups is 1. The zero-order valence-electron chi connectivity index (χ0n) is 27.0. The molecular weight excluding hydrogens is 626 g/mol. The van der Waals surface area contributed by atoms with E-state index in [2.05, 4.69) is 10.6 Å². The van der Waals surface area contributed by atoms with E-state index in [1.165, 1.54) is 30.0 Å². The van der Waals surface area contributed by atoms with Crippen LogP contribution in [0, 0.1) is 5.92 Å². The highest BCUT2D eigenvalue weighted by Crippen LogP contribution is 2.34.